The Morgan fingerprint density at radius 3 is 2.75 bits per heavy atom. The molecule has 2 N–H and O–H groups in total. The van der Waals surface area contributed by atoms with Crippen LogP contribution in [0, 0.1) is 0 Å². The van der Waals surface area contributed by atoms with E-state index in [1.54, 1.807) is 0 Å². The molecule has 3 aromatic rings. The van der Waals surface area contributed by atoms with E-state index in [0.29, 0.717) is 18.9 Å². The van der Waals surface area contributed by atoms with E-state index in [9.17, 15) is 0 Å². The van der Waals surface area contributed by atoms with Crippen molar-refractivity contribution in [1.82, 2.24) is 10.1 Å². The molecule has 0 saturated carbocycles. The molecule has 0 saturated heterocycles. The van der Waals surface area contributed by atoms with Crippen molar-refractivity contribution < 1.29 is 4.52 Å². The van der Waals surface area contributed by atoms with Crippen molar-refractivity contribution in [3.05, 3.63) is 59.7 Å². The molecule has 0 bridgehead atoms. The lowest BCUT2D eigenvalue weighted by Crippen LogP contribution is -2.01. The Labute approximate surface area is 117 Å². The molecule has 0 fully saturated rings. The van der Waals surface area contributed by atoms with Gasteiger partial charge in [-0.1, -0.05) is 47.6 Å². The quantitative estimate of drug-likeness (QED) is 0.772. The number of aryl methyl sites for hydroxylation is 1. The van der Waals surface area contributed by atoms with Crippen LogP contribution in [0.1, 0.15) is 23.7 Å². The average molecular weight is 267 g/mol. The van der Waals surface area contributed by atoms with E-state index in [1.807, 2.05) is 12.1 Å². The van der Waals surface area contributed by atoms with Crippen LogP contribution < -0.4 is 5.73 Å². The monoisotopic (exact) mass is 267 g/mol. The summed E-state index contributed by atoms with van der Waals surface area (Å²) in [5.74, 6) is 1.40. The highest BCUT2D eigenvalue weighted by Crippen LogP contribution is 2.17. The highest BCUT2D eigenvalue weighted by molar-refractivity contribution is 5.83. The smallest absolute Gasteiger partial charge is 0.231 e. The van der Waals surface area contributed by atoms with E-state index in [-0.39, 0.29) is 0 Å². The van der Waals surface area contributed by atoms with Crippen molar-refractivity contribution in [2.45, 2.75) is 19.3 Å². The Bertz CT molecular complexity index is 706. The molecule has 2 aromatic carbocycles. The molecule has 0 aliphatic heterocycles. The third-order valence-electron chi connectivity index (χ3n) is 3.28. The lowest BCUT2D eigenvalue weighted by Gasteiger charge is -2.00. The predicted molar refractivity (Wildman–Crippen MR) is 78.4 cm³/mol. The van der Waals surface area contributed by atoms with Crippen LogP contribution in [0.2, 0.25) is 0 Å². The molecule has 4 heteroatoms. The maximum absolute atomic E-state index is 5.47. The Kier molecular flexibility index (Phi) is 3.74. The fourth-order valence-electron chi connectivity index (χ4n) is 2.25. The van der Waals surface area contributed by atoms with E-state index in [1.165, 1.54) is 16.3 Å². The van der Waals surface area contributed by atoms with Crippen LogP contribution in [-0.4, -0.2) is 16.7 Å². The lowest BCUT2D eigenvalue weighted by atomic mass is 10.1. The van der Waals surface area contributed by atoms with Gasteiger partial charge in [0, 0.05) is 6.42 Å². The zero-order valence-electron chi connectivity index (χ0n) is 11.2. The van der Waals surface area contributed by atoms with Crippen LogP contribution in [0.4, 0.5) is 0 Å². The molecule has 0 unspecified atom stereocenters. The summed E-state index contributed by atoms with van der Waals surface area (Å²) in [6.45, 7) is 0.647. The van der Waals surface area contributed by atoms with Gasteiger partial charge in [0.1, 0.15) is 0 Å². The molecule has 1 aromatic heterocycles. The van der Waals surface area contributed by atoms with Gasteiger partial charge in [0.15, 0.2) is 5.82 Å². The van der Waals surface area contributed by atoms with Gasteiger partial charge < -0.3 is 10.3 Å². The van der Waals surface area contributed by atoms with Crippen molar-refractivity contribution in [2.24, 2.45) is 5.73 Å². The largest absolute Gasteiger partial charge is 0.339 e. The molecule has 4 nitrogen and oxygen atoms in total. The molecule has 20 heavy (non-hydrogen) atoms. The van der Waals surface area contributed by atoms with Crippen molar-refractivity contribution in [1.29, 1.82) is 0 Å². The number of aromatic nitrogens is 2. The number of fused-ring (bicyclic) bond motifs is 1. The summed E-state index contributed by atoms with van der Waals surface area (Å²) >= 11 is 0. The minimum Gasteiger partial charge on any atom is -0.339 e. The lowest BCUT2D eigenvalue weighted by molar-refractivity contribution is 0.379. The van der Waals surface area contributed by atoms with Crippen LogP contribution in [0.5, 0.6) is 0 Å². The van der Waals surface area contributed by atoms with E-state index < -0.39 is 0 Å². The van der Waals surface area contributed by atoms with Gasteiger partial charge in [-0.3, -0.25) is 0 Å². The molecular weight excluding hydrogens is 250 g/mol. The molecule has 0 spiro atoms. The second-order valence-electron chi connectivity index (χ2n) is 4.85. The van der Waals surface area contributed by atoms with Gasteiger partial charge in [-0.15, -0.1) is 0 Å². The molecule has 1 heterocycles. The van der Waals surface area contributed by atoms with Gasteiger partial charge in [0.2, 0.25) is 5.89 Å². The molecular formula is C16H17N3O. The van der Waals surface area contributed by atoms with Gasteiger partial charge in [0.25, 0.3) is 0 Å². The number of benzene rings is 2. The normalized spacial score (nSPS) is 11.1. The van der Waals surface area contributed by atoms with Crippen LogP contribution in [0.15, 0.2) is 47.0 Å². The summed E-state index contributed by atoms with van der Waals surface area (Å²) in [7, 11) is 0. The first-order valence-corrected chi connectivity index (χ1v) is 6.84. The Morgan fingerprint density at radius 2 is 1.90 bits per heavy atom. The van der Waals surface area contributed by atoms with Crippen LogP contribution >= 0.6 is 0 Å². The molecule has 0 aliphatic carbocycles. The third kappa shape index (κ3) is 2.86. The van der Waals surface area contributed by atoms with Crippen molar-refractivity contribution in [3.8, 4) is 0 Å². The van der Waals surface area contributed by atoms with Crippen molar-refractivity contribution >= 4 is 10.8 Å². The summed E-state index contributed by atoms with van der Waals surface area (Å²) in [4.78, 5) is 4.39. The third-order valence-corrected chi connectivity index (χ3v) is 3.28. The second kappa shape index (κ2) is 5.84. The van der Waals surface area contributed by atoms with Gasteiger partial charge >= 0.3 is 0 Å². The van der Waals surface area contributed by atoms with Gasteiger partial charge in [-0.05, 0) is 29.3 Å². The Hall–Kier alpha value is -2.20. The van der Waals surface area contributed by atoms with Crippen LogP contribution in [-0.2, 0) is 12.8 Å². The molecule has 3 rings (SSSR count). The maximum Gasteiger partial charge on any atom is 0.231 e. The minimum atomic E-state index is 0.647. The zero-order valence-corrected chi connectivity index (χ0v) is 11.2. The Balaban J connectivity index is 1.76. The predicted octanol–water partition coefficient (Wildman–Crippen LogP) is 2.70. The summed E-state index contributed by atoms with van der Waals surface area (Å²) in [5, 5.41) is 6.44. The van der Waals surface area contributed by atoms with Crippen molar-refractivity contribution in [2.75, 3.05) is 6.54 Å². The van der Waals surface area contributed by atoms with E-state index in [4.69, 9.17) is 10.3 Å². The standard InChI is InChI=1S/C16H17N3O/c17-9-3-6-15-18-16(20-19-15)11-12-7-8-13-4-1-2-5-14(13)10-12/h1-2,4-5,7-8,10H,3,6,9,11,17H2. The maximum atomic E-state index is 5.47. The highest BCUT2D eigenvalue weighted by atomic mass is 16.5. The molecule has 0 amide bonds. The summed E-state index contributed by atoms with van der Waals surface area (Å²) in [6, 6.07) is 14.7. The van der Waals surface area contributed by atoms with Crippen LogP contribution in [0.3, 0.4) is 0 Å². The zero-order chi connectivity index (χ0) is 13.8. The van der Waals surface area contributed by atoms with Crippen molar-refractivity contribution in [3.63, 3.8) is 0 Å². The highest BCUT2D eigenvalue weighted by Gasteiger charge is 2.07. The Morgan fingerprint density at radius 1 is 1.05 bits per heavy atom. The number of hydrogen-bond acceptors (Lipinski definition) is 4. The van der Waals surface area contributed by atoms with Crippen LogP contribution in [0.25, 0.3) is 10.8 Å². The van der Waals surface area contributed by atoms with E-state index in [0.717, 1.165) is 18.7 Å². The summed E-state index contributed by atoms with van der Waals surface area (Å²) in [6.07, 6.45) is 2.33. The van der Waals surface area contributed by atoms with Gasteiger partial charge in [-0.25, -0.2) is 0 Å². The fourth-order valence-corrected chi connectivity index (χ4v) is 2.25. The SMILES string of the molecule is NCCCc1noc(Cc2ccc3ccccc3c2)n1. The van der Waals surface area contributed by atoms with E-state index >= 15 is 0 Å². The number of hydrogen-bond donors (Lipinski definition) is 1. The van der Waals surface area contributed by atoms with E-state index in [2.05, 4.69) is 40.5 Å². The number of nitrogens with two attached hydrogens (primary N) is 1. The first-order valence-electron chi connectivity index (χ1n) is 6.84. The molecule has 0 radical (unpaired) electrons. The topological polar surface area (TPSA) is 64.9 Å². The summed E-state index contributed by atoms with van der Waals surface area (Å²) in [5.41, 5.74) is 6.65. The first kappa shape index (κ1) is 12.8. The van der Waals surface area contributed by atoms with Gasteiger partial charge in [-0.2, -0.15) is 4.98 Å². The average Bonchev–Trinajstić information content (AvgIpc) is 2.92. The molecule has 102 valence electrons. The minimum absolute atomic E-state index is 0.647. The first-order chi connectivity index (χ1) is 9.85. The molecule has 0 aliphatic rings. The number of rotatable bonds is 5. The molecule has 0 atom stereocenters. The second-order valence-corrected chi connectivity index (χ2v) is 4.85. The summed E-state index contributed by atoms with van der Waals surface area (Å²) < 4.78 is 5.28. The fraction of sp³-hybridized carbons (Fsp3) is 0.250. The number of nitrogens with zero attached hydrogens (tertiary/aromatic N) is 2. The van der Waals surface area contributed by atoms with Gasteiger partial charge in [0.05, 0.1) is 6.42 Å².